The van der Waals surface area contributed by atoms with Crippen molar-refractivity contribution >= 4 is 5.97 Å². The zero-order chi connectivity index (χ0) is 10.6. The molecule has 0 heterocycles. The molecule has 4 heteroatoms. The molecule has 0 spiro atoms. The molecule has 0 aromatic heterocycles. The highest BCUT2D eigenvalue weighted by Crippen LogP contribution is 2.17. The molecule has 3 N–H and O–H groups in total. The van der Waals surface area contributed by atoms with Crippen LogP contribution < -0.4 is 5.73 Å². The van der Waals surface area contributed by atoms with Gasteiger partial charge in [0.15, 0.2) is 0 Å². The Morgan fingerprint density at radius 1 is 1.50 bits per heavy atom. The summed E-state index contributed by atoms with van der Waals surface area (Å²) in [6.45, 7) is 0. The molecule has 0 bridgehead atoms. The maximum Gasteiger partial charge on any atom is 0.307 e. The lowest BCUT2D eigenvalue weighted by Crippen LogP contribution is -2.16. The van der Waals surface area contributed by atoms with E-state index >= 15 is 0 Å². The third-order valence-electron chi connectivity index (χ3n) is 1.94. The molecule has 0 aliphatic rings. The van der Waals surface area contributed by atoms with Gasteiger partial charge in [-0.15, -0.1) is 0 Å². The Morgan fingerprint density at radius 2 is 2.07 bits per heavy atom. The lowest BCUT2D eigenvalue weighted by Gasteiger charge is -2.10. The van der Waals surface area contributed by atoms with Crippen molar-refractivity contribution in [3.8, 4) is 5.75 Å². The molecule has 0 amide bonds. The maximum absolute atomic E-state index is 10.9. The molecule has 0 saturated heterocycles. The molecule has 1 atom stereocenters. The van der Waals surface area contributed by atoms with Crippen LogP contribution in [0.3, 0.4) is 0 Å². The minimum Gasteiger partial charge on any atom is -0.508 e. The van der Waals surface area contributed by atoms with Crippen LogP contribution in [0.1, 0.15) is 18.0 Å². The van der Waals surface area contributed by atoms with E-state index in [0.29, 0.717) is 0 Å². The third-order valence-corrected chi connectivity index (χ3v) is 1.94. The van der Waals surface area contributed by atoms with Gasteiger partial charge in [0.05, 0.1) is 13.5 Å². The molecule has 14 heavy (non-hydrogen) atoms. The van der Waals surface area contributed by atoms with Gasteiger partial charge in [-0.1, -0.05) is 12.1 Å². The van der Waals surface area contributed by atoms with Gasteiger partial charge in [0.1, 0.15) is 5.75 Å². The monoisotopic (exact) mass is 195 g/mol. The molecule has 1 aromatic carbocycles. The smallest absolute Gasteiger partial charge is 0.307 e. The van der Waals surface area contributed by atoms with Crippen LogP contribution in [0.2, 0.25) is 0 Å². The normalized spacial score (nSPS) is 12.1. The second kappa shape index (κ2) is 4.62. The van der Waals surface area contributed by atoms with Crippen LogP contribution in [-0.4, -0.2) is 18.2 Å². The summed E-state index contributed by atoms with van der Waals surface area (Å²) in [4.78, 5) is 10.9. The number of benzene rings is 1. The fourth-order valence-electron chi connectivity index (χ4n) is 1.10. The van der Waals surface area contributed by atoms with Crippen molar-refractivity contribution < 1.29 is 14.6 Å². The van der Waals surface area contributed by atoms with Gasteiger partial charge in [0.25, 0.3) is 0 Å². The minimum absolute atomic E-state index is 0.140. The van der Waals surface area contributed by atoms with Crippen molar-refractivity contribution in [2.45, 2.75) is 12.5 Å². The van der Waals surface area contributed by atoms with Gasteiger partial charge >= 0.3 is 5.97 Å². The van der Waals surface area contributed by atoms with Crippen LogP contribution in [0.5, 0.6) is 5.75 Å². The lowest BCUT2D eigenvalue weighted by atomic mass is 10.1. The minimum atomic E-state index is -0.386. The van der Waals surface area contributed by atoms with Crippen molar-refractivity contribution in [3.63, 3.8) is 0 Å². The molecule has 0 aliphatic heterocycles. The number of phenols is 1. The molecule has 4 nitrogen and oxygen atoms in total. The summed E-state index contributed by atoms with van der Waals surface area (Å²) in [5, 5.41) is 9.03. The van der Waals surface area contributed by atoms with Crippen LogP contribution in [0.25, 0.3) is 0 Å². The van der Waals surface area contributed by atoms with Crippen LogP contribution in [-0.2, 0) is 9.53 Å². The number of phenolic OH excluding ortho intramolecular Hbond substituents is 1. The summed E-state index contributed by atoms with van der Waals surface area (Å²) in [6.07, 6.45) is 0.140. The van der Waals surface area contributed by atoms with Crippen molar-refractivity contribution in [3.05, 3.63) is 29.8 Å². The predicted octanol–water partition coefficient (Wildman–Crippen LogP) is 0.955. The van der Waals surface area contributed by atoms with Crippen molar-refractivity contribution in [2.75, 3.05) is 7.11 Å². The average molecular weight is 195 g/mol. The Kier molecular flexibility index (Phi) is 3.48. The Balaban J connectivity index is 2.65. The zero-order valence-electron chi connectivity index (χ0n) is 7.93. The van der Waals surface area contributed by atoms with E-state index in [-0.39, 0.29) is 24.2 Å². The molecular weight excluding hydrogens is 182 g/mol. The second-order valence-corrected chi connectivity index (χ2v) is 2.98. The van der Waals surface area contributed by atoms with Gasteiger partial charge in [-0.3, -0.25) is 4.79 Å². The first kappa shape index (κ1) is 10.5. The van der Waals surface area contributed by atoms with Gasteiger partial charge < -0.3 is 15.6 Å². The van der Waals surface area contributed by atoms with E-state index in [2.05, 4.69) is 4.74 Å². The van der Waals surface area contributed by atoms with Gasteiger partial charge in [0.2, 0.25) is 0 Å². The highest BCUT2D eigenvalue weighted by molar-refractivity contribution is 5.70. The predicted molar refractivity (Wildman–Crippen MR) is 51.7 cm³/mol. The number of aromatic hydroxyl groups is 1. The van der Waals surface area contributed by atoms with Crippen LogP contribution in [0.4, 0.5) is 0 Å². The van der Waals surface area contributed by atoms with Crippen LogP contribution in [0.15, 0.2) is 24.3 Å². The fraction of sp³-hybridized carbons (Fsp3) is 0.300. The SMILES string of the molecule is COC(=O)CC(N)c1ccc(O)cc1. The molecule has 0 fully saturated rings. The molecule has 0 saturated carbocycles. The lowest BCUT2D eigenvalue weighted by molar-refractivity contribution is -0.141. The van der Waals surface area contributed by atoms with Crippen molar-refractivity contribution in [1.82, 2.24) is 0 Å². The van der Waals surface area contributed by atoms with Crippen LogP contribution in [0, 0.1) is 0 Å². The molecule has 1 aromatic rings. The molecule has 1 unspecified atom stereocenters. The van der Waals surface area contributed by atoms with Gasteiger partial charge in [0, 0.05) is 6.04 Å². The Hall–Kier alpha value is -1.55. The van der Waals surface area contributed by atoms with Gasteiger partial charge in [-0.2, -0.15) is 0 Å². The Morgan fingerprint density at radius 3 is 2.57 bits per heavy atom. The van der Waals surface area contributed by atoms with Gasteiger partial charge in [-0.25, -0.2) is 0 Å². The first-order valence-electron chi connectivity index (χ1n) is 4.25. The first-order valence-corrected chi connectivity index (χ1v) is 4.25. The number of hydrogen-bond acceptors (Lipinski definition) is 4. The Labute approximate surface area is 82.3 Å². The second-order valence-electron chi connectivity index (χ2n) is 2.98. The number of esters is 1. The first-order chi connectivity index (χ1) is 6.63. The van der Waals surface area contributed by atoms with E-state index in [9.17, 15) is 4.79 Å². The number of carbonyl (C=O) groups excluding carboxylic acids is 1. The summed E-state index contributed by atoms with van der Waals surface area (Å²) in [5.74, 6) is -0.162. The third kappa shape index (κ3) is 2.74. The van der Waals surface area contributed by atoms with Crippen molar-refractivity contribution in [2.24, 2.45) is 5.73 Å². The summed E-state index contributed by atoms with van der Waals surface area (Å²) in [6, 6.07) is 6.05. The van der Waals surface area contributed by atoms with E-state index in [4.69, 9.17) is 10.8 Å². The van der Waals surface area contributed by atoms with E-state index in [1.54, 1.807) is 12.1 Å². The number of rotatable bonds is 3. The largest absolute Gasteiger partial charge is 0.508 e. The standard InChI is InChI=1S/C10H13NO3/c1-14-10(13)6-9(11)7-2-4-8(12)5-3-7/h2-5,9,12H,6,11H2,1H3. The number of nitrogens with two attached hydrogens (primary N) is 1. The quantitative estimate of drug-likeness (QED) is 0.704. The number of ether oxygens (including phenoxy) is 1. The topological polar surface area (TPSA) is 72.5 Å². The maximum atomic E-state index is 10.9. The average Bonchev–Trinajstić information content (AvgIpc) is 2.18. The van der Waals surface area contributed by atoms with E-state index < -0.39 is 0 Å². The highest BCUT2D eigenvalue weighted by Gasteiger charge is 2.11. The summed E-state index contributed by atoms with van der Waals surface area (Å²) >= 11 is 0. The molecule has 0 aliphatic carbocycles. The van der Waals surface area contributed by atoms with E-state index in [0.717, 1.165) is 5.56 Å². The van der Waals surface area contributed by atoms with Crippen LogP contribution >= 0.6 is 0 Å². The molecule has 0 radical (unpaired) electrons. The fourth-order valence-corrected chi connectivity index (χ4v) is 1.10. The zero-order valence-corrected chi connectivity index (χ0v) is 7.93. The molecular formula is C10H13NO3. The number of methoxy groups -OCH3 is 1. The summed E-state index contributed by atoms with van der Waals surface area (Å²) < 4.78 is 4.50. The summed E-state index contributed by atoms with van der Waals surface area (Å²) in [5.41, 5.74) is 6.54. The Bertz CT molecular complexity index is 308. The van der Waals surface area contributed by atoms with Crippen molar-refractivity contribution in [1.29, 1.82) is 0 Å². The van der Waals surface area contributed by atoms with E-state index in [1.807, 2.05) is 0 Å². The number of hydrogen-bond donors (Lipinski definition) is 2. The van der Waals surface area contributed by atoms with Gasteiger partial charge in [-0.05, 0) is 17.7 Å². The summed E-state index contributed by atoms with van der Waals surface area (Å²) in [7, 11) is 1.33. The molecule has 1 rings (SSSR count). The highest BCUT2D eigenvalue weighted by atomic mass is 16.5. The molecule has 76 valence electrons. The van der Waals surface area contributed by atoms with E-state index in [1.165, 1.54) is 19.2 Å². The number of carbonyl (C=O) groups is 1.